The second kappa shape index (κ2) is 8.03. The molecule has 2 N–H and O–H groups in total. The summed E-state index contributed by atoms with van der Waals surface area (Å²) in [7, 11) is 0. The van der Waals surface area contributed by atoms with Crippen molar-refractivity contribution in [3.63, 3.8) is 0 Å². The number of hydrazine groups is 1. The molecular weight excluding hydrogens is 373 g/mol. The third-order valence-corrected chi connectivity index (χ3v) is 4.44. The highest BCUT2D eigenvalue weighted by molar-refractivity contribution is 5.79. The Morgan fingerprint density at radius 1 is 1.36 bits per heavy atom. The Morgan fingerprint density at radius 2 is 2.00 bits per heavy atom. The van der Waals surface area contributed by atoms with Gasteiger partial charge in [-0.3, -0.25) is 10.2 Å². The van der Waals surface area contributed by atoms with Crippen LogP contribution in [-0.2, 0) is 4.79 Å². The molecule has 0 radical (unpaired) electrons. The van der Waals surface area contributed by atoms with E-state index in [1.54, 1.807) is 26.0 Å². The lowest BCUT2D eigenvalue weighted by Crippen LogP contribution is -2.60. The Balaban J connectivity index is 2.24. The van der Waals surface area contributed by atoms with E-state index < -0.39 is 30.8 Å². The molecule has 1 aliphatic rings. The summed E-state index contributed by atoms with van der Waals surface area (Å²) in [6, 6.07) is 5.50. The molecule has 2 rings (SSSR count). The van der Waals surface area contributed by atoms with E-state index in [1.165, 1.54) is 0 Å². The average Bonchev–Trinajstić information content (AvgIpc) is 2.89. The first-order valence-corrected chi connectivity index (χ1v) is 9.18. The molecule has 0 spiro atoms. The van der Waals surface area contributed by atoms with Crippen molar-refractivity contribution in [2.75, 3.05) is 6.61 Å². The number of rotatable bonds is 5. The van der Waals surface area contributed by atoms with Crippen LogP contribution in [0.2, 0.25) is 0 Å². The number of hydrogen-bond acceptors (Lipinski definition) is 4. The number of nitrogens with one attached hydrogen (secondary N) is 1. The molecule has 1 atom stereocenters. The van der Waals surface area contributed by atoms with E-state index in [0.29, 0.717) is 5.75 Å². The van der Waals surface area contributed by atoms with Gasteiger partial charge in [0.05, 0.1) is 0 Å². The number of aliphatic hydroxyl groups is 1. The van der Waals surface area contributed by atoms with Crippen molar-refractivity contribution in [1.82, 2.24) is 10.4 Å². The van der Waals surface area contributed by atoms with Crippen molar-refractivity contribution in [2.24, 2.45) is 5.92 Å². The molecule has 0 aromatic heterocycles. The van der Waals surface area contributed by atoms with Gasteiger partial charge >= 0.3 is 6.18 Å². The van der Waals surface area contributed by atoms with Crippen LogP contribution in [0, 0.1) is 12.8 Å². The van der Waals surface area contributed by atoms with Crippen LogP contribution in [0.5, 0.6) is 5.75 Å². The smallest absolute Gasteiger partial charge is 0.438 e. The van der Waals surface area contributed by atoms with Crippen molar-refractivity contribution < 1.29 is 27.8 Å². The number of allylic oxidation sites excluding steroid dienone is 1. The van der Waals surface area contributed by atoms with Gasteiger partial charge in [0.15, 0.2) is 6.61 Å². The number of halogens is 3. The summed E-state index contributed by atoms with van der Waals surface area (Å²) in [5.41, 5.74) is 0.971. The summed E-state index contributed by atoms with van der Waals surface area (Å²) in [6.07, 6.45) is -4.22. The number of aryl methyl sites for hydroxylation is 1. The van der Waals surface area contributed by atoms with Crippen molar-refractivity contribution in [2.45, 2.75) is 58.9 Å². The lowest BCUT2D eigenvalue weighted by atomic mass is 10.0. The number of nitrogens with zero attached hydrogens (tertiary/aromatic N) is 1. The maximum Gasteiger partial charge on any atom is 0.438 e. The summed E-state index contributed by atoms with van der Waals surface area (Å²) >= 11 is 0. The van der Waals surface area contributed by atoms with Crippen LogP contribution in [0.25, 0.3) is 0 Å². The molecule has 156 valence electrons. The second-order valence-corrected chi connectivity index (χ2v) is 7.75. The van der Waals surface area contributed by atoms with E-state index in [4.69, 9.17) is 4.74 Å². The second-order valence-electron chi connectivity index (χ2n) is 7.75. The van der Waals surface area contributed by atoms with Crippen LogP contribution in [0.4, 0.5) is 13.2 Å². The minimum absolute atomic E-state index is 0.0489. The van der Waals surface area contributed by atoms with Crippen LogP contribution >= 0.6 is 0 Å². The van der Waals surface area contributed by atoms with E-state index in [0.717, 1.165) is 11.1 Å². The zero-order valence-electron chi connectivity index (χ0n) is 16.7. The molecule has 28 heavy (non-hydrogen) atoms. The van der Waals surface area contributed by atoms with Gasteiger partial charge < -0.3 is 9.84 Å². The summed E-state index contributed by atoms with van der Waals surface area (Å²) in [5.74, 6) is -0.505. The molecule has 8 heteroatoms. The maximum absolute atomic E-state index is 13.5. The van der Waals surface area contributed by atoms with Gasteiger partial charge in [0.2, 0.25) is 0 Å². The molecule has 1 aromatic rings. The highest BCUT2D eigenvalue weighted by atomic mass is 19.4. The minimum atomic E-state index is -5.02. The summed E-state index contributed by atoms with van der Waals surface area (Å²) in [5, 5.41) is 10.5. The minimum Gasteiger partial charge on any atom is -0.483 e. The predicted molar refractivity (Wildman–Crippen MR) is 99.3 cm³/mol. The molecule has 1 saturated heterocycles. The highest BCUT2D eigenvalue weighted by Crippen LogP contribution is 2.41. The molecule has 0 saturated carbocycles. The Kier molecular flexibility index (Phi) is 6.33. The van der Waals surface area contributed by atoms with E-state index in [2.05, 4.69) is 5.43 Å². The fourth-order valence-corrected chi connectivity index (χ4v) is 3.06. The van der Waals surface area contributed by atoms with Gasteiger partial charge in [-0.1, -0.05) is 45.9 Å². The summed E-state index contributed by atoms with van der Waals surface area (Å²) < 4.78 is 46.0. The molecule has 0 unspecified atom stereocenters. The lowest BCUT2D eigenvalue weighted by Gasteiger charge is -2.33. The fraction of sp³-hybridized carbons (Fsp3) is 0.550. The SMILES string of the molecule is Cc1ccc(C(C)C)c(OCC(=O)N2N/C(=C\C(C)C)C[C@@]2(O)C(F)(F)F)c1. The van der Waals surface area contributed by atoms with Gasteiger partial charge in [-0.25, -0.2) is 5.01 Å². The normalized spacial score (nSPS) is 21.5. The van der Waals surface area contributed by atoms with Crippen molar-refractivity contribution in [3.8, 4) is 5.75 Å². The number of alkyl halides is 3. The van der Waals surface area contributed by atoms with E-state index in [-0.39, 0.29) is 22.5 Å². The number of benzene rings is 1. The summed E-state index contributed by atoms with van der Waals surface area (Å²) in [6.45, 7) is 8.70. The molecule has 1 aliphatic heterocycles. The first-order chi connectivity index (χ1) is 12.8. The molecular formula is C20H27F3N2O3. The standard InChI is InChI=1S/C20H27F3N2O3/c1-12(2)8-15-10-19(27,20(21,22)23)25(24-15)18(26)11-28-17-9-14(5)6-7-16(17)13(3)4/h6-9,12-13,24,27H,10-11H2,1-5H3/b15-8-/t19-/m1/s1. The van der Waals surface area contributed by atoms with Crippen LogP contribution in [0.1, 0.15) is 51.2 Å². The first kappa shape index (κ1) is 22.1. The Hall–Kier alpha value is -2.22. The highest BCUT2D eigenvalue weighted by Gasteiger charge is 2.63. The van der Waals surface area contributed by atoms with Crippen LogP contribution in [0.3, 0.4) is 0 Å². The maximum atomic E-state index is 13.5. The molecule has 5 nitrogen and oxygen atoms in total. The topological polar surface area (TPSA) is 61.8 Å². The van der Waals surface area contributed by atoms with E-state index in [1.807, 2.05) is 32.9 Å². The Morgan fingerprint density at radius 3 is 2.54 bits per heavy atom. The van der Waals surface area contributed by atoms with Gasteiger partial charge in [0.1, 0.15) is 5.75 Å². The zero-order chi connectivity index (χ0) is 21.3. The lowest BCUT2D eigenvalue weighted by molar-refractivity contribution is -0.304. The third kappa shape index (κ3) is 4.60. The molecule has 0 aliphatic carbocycles. The number of ether oxygens (including phenoxy) is 1. The number of amides is 1. The van der Waals surface area contributed by atoms with E-state index >= 15 is 0 Å². The van der Waals surface area contributed by atoms with Gasteiger partial charge in [-0.15, -0.1) is 0 Å². The van der Waals surface area contributed by atoms with Gasteiger partial charge in [-0.05, 0) is 36.0 Å². The molecule has 1 fully saturated rings. The van der Waals surface area contributed by atoms with Gasteiger partial charge in [0.25, 0.3) is 11.6 Å². The van der Waals surface area contributed by atoms with Crippen molar-refractivity contribution in [3.05, 3.63) is 41.1 Å². The monoisotopic (exact) mass is 400 g/mol. The predicted octanol–water partition coefficient (Wildman–Crippen LogP) is 4.02. The van der Waals surface area contributed by atoms with Gasteiger partial charge in [0, 0.05) is 12.1 Å². The Labute approximate surface area is 163 Å². The zero-order valence-corrected chi connectivity index (χ0v) is 16.7. The number of carbonyl (C=O) groups is 1. The molecule has 1 amide bonds. The fourth-order valence-electron chi connectivity index (χ4n) is 3.06. The third-order valence-electron chi connectivity index (χ3n) is 4.44. The molecule has 1 heterocycles. The van der Waals surface area contributed by atoms with Crippen LogP contribution < -0.4 is 10.2 Å². The largest absolute Gasteiger partial charge is 0.483 e. The van der Waals surface area contributed by atoms with E-state index in [9.17, 15) is 23.1 Å². The first-order valence-electron chi connectivity index (χ1n) is 9.18. The van der Waals surface area contributed by atoms with Crippen molar-refractivity contribution in [1.29, 1.82) is 0 Å². The molecule has 1 aromatic carbocycles. The Bertz CT molecular complexity index is 760. The summed E-state index contributed by atoms with van der Waals surface area (Å²) in [4.78, 5) is 12.5. The average molecular weight is 400 g/mol. The van der Waals surface area contributed by atoms with Crippen LogP contribution in [-0.4, -0.2) is 34.5 Å². The van der Waals surface area contributed by atoms with Crippen molar-refractivity contribution >= 4 is 5.91 Å². The molecule has 0 bridgehead atoms. The quantitative estimate of drug-likeness (QED) is 0.784. The van der Waals surface area contributed by atoms with Gasteiger partial charge in [-0.2, -0.15) is 13.2 Å². The number of hydrogen-bond donors (Lipinski definition) is 2. The number of carbonyl (C=O) groups excluding carboxylic acids is 1. The van der Waals surface area contributed by atoms with Crippen LogP contribution in [0.15, 0.2) is 30.0 Å².